The summed E-state index contributed by atoms with van der Waals surface area (Å²) in [5.41, 5.74) is 0.898. The molecule has 3 saturated carbocycles. The van der Waals surface area contributed by atoms with Crippen LogP contribution in [0.15, 0.2) is 0 Å². The van der Waals surface area contributed by atoms with E-state index in [9.17, 15) is 0 Å². The highest BCUT2D eigenvalue weighted by Gasteiger charge is 2.77. The van der Waals surface area contributed by atoms with Crippen LogP contribution in [0.25, 0.3) is 0 Å². The van der Waals surface area contributed by atoms with Gasteiger partial charge in [0.25, 0.3) is 0 Å². The molecule has 7 heavy (non-hydrogen) atoms. The van der Waals surface area contributed by atoms with E-state index in [4.69, 9.17) is 0 Å². The number of hydrogen-bond acceptors (Lipinski definition) is 0. The molecule has 0 heterocycles. The van der Waals surface area contributed by atoms with E-state index in [1.165, 1.54) is 17.8 Å². The van der Waals surface area contributed by atoms with Crippen molar-refractivity contribution in [3.63, 3.8) is 0 Å². The lowest BCUT2D eigenvalue weighted by Gasteiger charge is -2.40. The van der Waals surface area contributed by atoms with Crippen LogP contribution >= 0.6 is 0 Å². The first-order chi connectivity index (χ1) is 3.31. The zero-order chi connectivity index (χ0) is 4.65. The van der Waals surface area contributed by atoms with Gasteiger partial charge in [0.1, 0.15) is 0 Å². The third-order valence-electron chi connectivity index (χ3n) is 3.54. The molecule has 0 bridgehead atoms. The van der Waals surface area contributed by atoms with Gasteiger partial charge in [-0.2, -0.15) is 0 Å². The molecule has 0 amide bonds. The van der Waals surface area contributed by atoms with Gasteiger partial charge in [-0.1, -0.05) is 6.92 Å². The second kappa shape index (κ2) is 0.519. The molecule has 0 radical (unpaired) electrons. The molecule has 3 fully saturated rings. The Morgan fingerprint density at radius 1 is 1.29 bits per heavy atom. The summed E-state index contributed by atoms with van der Waals surface area (Å²) in [5, 5.41) is 0. The molecule has 38 valence electrons. The fourth-order valence-electron chi connectivity index (χ4n) is 3.15. The molecule has 3 aliphatic rings. The Morgan fingerprint density at radius 2 is 1.86 bits per heavy atom. The van der Waals surface area contributed by atoms with Gasteiger partial charge in [-0.15, -0.1) is 0 Å². The van der Waals surface area contributed by atoms with Gasteiger partial charge in [0.05, 0.1) is 0 Å². The maximum Gasteiger partial charge on any atom is -0.0286 e. The van der Waals surface area contributed by atoms with Crippen molar-refractivity contribution < 1.29 is 0 Å². The maximum absolute atomic E-state index is 2.46. The van der Waals surface area contributed by atoms with Crippen molar-refractivity contribution in [2.45, 2.75) is 19.8 Å². The van der Waals surface area contributed by atoms with Gasteiger partial charge < -0.3 is 0 Å². The third kappa shape index (κ3) is 0.142. The summed E-state index contributed by atoms with van der Waals surface area (Å²) in [6, 6.07) is 0. The van der Waals surface area contributed by atoms with Crippen LogP contribution in [0.2, 0.25) is 0 Å². The summed E-state index contributed by atoms with van der Waals surface area (Å²) in [7, 11) is 0. The summed E-state index contributed by atoms with van der Waals surface area (Å²) in [6.07, 6.45) is 3.17. The predicted octanol–water partition coefficient (Wildman–Crippen LogP) is 1.66. The molecular weight excluding hydrogens is 84.1 g/mol. The summed E-state index contributed by atoms with van der Waals surface area (Å²) in [6.45, 7) is 2.46. The Hall–Kier alpha value is 0. The fraction of sp³-hybridized carbons (Fsp3) is 1.00. The van der Waals surface area contributed by atoms with Gasteiger partial charge in [0.15, 0.2) is 0 Å². The lowest BCUT2D eigenvalue weighted by molar-refractivity contribution is 0.0882. The molecule has 0 spiro atoms. The van der Waals surface area contributed by atoms with Crippen LogP contribution in [0.3, 0.4) is 0 Å². The molecule has 2 atom stereocenters. The molecule has 0 heteroatoms. The first-order valence-electron chi connectivity index (χ1n) is 3.31. The number of rotatable bonds is 0. The summed E-state index contributed by atoms with van der Waals surface area (Å²) < 4.78 is 0. The smallest absolute Gasteiger partial charge is 0.0286 e. The van der Waals surface area contributed by atoms with Gasteiger partial charge in [0, 0.05) is 0 Å². The van der Waals surface area contributed by atoms with Gasteiger partial charge in [-0.3, -0.25) is 0 Å². The first-order valence-corrected chi connectivity index (χ1v) is 3.31. The zero-order valence-corrected chi connectivity index (χ0v) is 4.65. The molecular formula is C7H10. The Kier molecular flexibility index (Phi) is 0.231. The van der Waals surface area contributed by atoms with E-state index < -0.39 is 0 Å². The molecule has 0 N–H and O–H groups in total. The second-order valence-corrected chi connectivity index (χ2v) is 3.92. The summed E-state index contributed by atoms with van der Waals surface area (Å²) in [5.74, 6) is 3.72. The van der Waals surface area contributed by atoms with Crippen molar-refractivity contribution >= 4 is 0 Å². The second-order valence-electron chi connectivity index (χ2n) is 3.92. The van der Waals surface area contributed by atoms with E-state index in [1.807, 2.05) is 0 Å². The van der Waals surface area contributed by atoms with Crippen LogP contribution in [-0.4, -0.2) is 0 Å². The number of hydrogen-bond donors (Lipinski definition) is 0. The highest BCUT2D eigenvalue weighted by atomic mass is 14.8. The molecule has 0 nitrogen and oxygen atoms in total. The van der Waals surface area contributed by atoms with E-state index in [-0.39, 0.29) is 0 Å². The monoisotopic (exact) mass is 94.1 g/mol. The highest BCUT2D eigenvalue weighted by molar-refractivity contribution is 5.26. The molecule has 3 rings (SSSR count). The minimum Gasteiger partial charge on any atom is -0.0593 e. The highest BCUT2D eigenvalue weighted by Crippen LogP contribution is 2.84. The fourth-order valence-corrected chi connectivity index (χ4v) is 3.15. The first kappa shape index (κ1) is 3.11. The van der Waals surface area contributed by atoms with Gasteiger partial charge >= 0.3 is 0 Å². The van der Waals surface area contributed by atoms with Gasteiger partial charge in [-0.25, -0.2) is 0 Å². The standard InChI is InChI=1S/C7H10/c1-7-2-4-5(3-7)6(4)7/h4-6H,2-3H2,1H3. The number of fused-ring (bicyclic) bond motifs is 1. The van der Waals surface area contributed by atoms with E-state index in [2.05, 4.69) is 6.92 Å². The van der Waals surface area contributed by atoms with Crippen LogP contribution in [0.4, 0.5) is 0 Å². The van der Waals surface area contributed by atoms with Crippen LogP contribution in [0.1, 0.15) is 19.8 Å². The molecule has 0 aromatic carbocycles. The molecule has 0 aliphatic heterocycles. The van der Waals surface area contributed by atoms with Crippen LogP contribution in [-0.2, 0) is 0 Å². The summed E-state index contributed by atoms with van der Waals surface area (Å²) in [4.78, 5) is 0. The van der Waals surface area contributed by atoms with Crippen molar-refractivity contribution in [1.29, 1.82) is 0 Å². The molecule has 2 unspecified atom stereocenters. The van der Waals surface area contributed by atoms with E-state index in [0.29, 0.717) is 0 Å². The van der Waals surface area contributed by atoms with Crippen molar-refractivity contribution in [3.8, 4) is 0 Å². The van der Waals surface area contributed by atoms with Crippen molar-refractivity contribution in [3.05, 3.63) is 0 Å². The van der Waals surface area contributed by atoms with E-state index in [0.717, 1.165) is 5.41 Å². The van der Waals surface area contributed by atoms with Gasteiger partial charge in [-0.05, 0) is 36.0 Å². The lowest BCUT2D eigenvalue weighted by atomic mass is 9.64. The molecule has 0 saturated heterocycles. The SMILES string of the molecule is CC12CC3C(C1)C32. The summed E-state index contributed by atoms with van der Waals surface area (Å²) >= 11 is 0. The van der Waals surface area contributed by atoms with E-state index >= 15 is 0 Å². The Morgan fingerprint density at radius 3 is 1.86 bits per heavy atom. The minimum absolute atomic E-state index is 0.898. The van der Waals surface area contributed by atoms with Crippen molar-refractivity contribution in [2.75, 3.05) is 0 Å². The minimum atomic E-state index is 0.898. The quantitative estimate of drug-likeness (QED) is 0.428. The van der Waals surface area contributed by atoms with Crippen LogP contribution < -0.4 is 0 Å². The van der Waals surface area contributed by atoms with Crippen molar-refractivity contribution in [2.24, 2.45) is 23.2 Å². The Labute approximate surface area is 43.9 Å². The molecule has 3 aliphatic carbocycles. The average Bonchev–Trinajstić information content (AvgIpc) is 1.82. The molecule has 0 aromatic rings. The third-order valence-corrected chi connectivity index (χ3v) is 3.54. The lowest BCUT2D eigenvalue weighted by Crippen LogP contribution is -2.32. The Balaban J connectivity index is 2.14. The van der Waals surface area contributed by atoms with E-state index in [1.54, 1.807) is 12.8 Å². The average molecular weight is 94.2 g/mol. The van der Waals surface area contributed by atoms with Gasteiger partial charge in [0.2, 0.25) is 0 Å². The largest absolute Gasteiger partial charge is 0.0593 e. The zero-order valence-electron chi connectivity index (χ0n) is 4.65. The van der Waals surface area contributed by atoms with Crippen molar-refractivity contribution in [1.82, 2.24) is 0 Å². The van der Waals surface area contributed by atoms with Crippen LogP contribution in [0.5, 0.6) is 0 Å². The normalized spacial score (nSPS) is 81.0. The topological polar surface area (TPSA) is 0 Å². The maximum atomic E-state index is 2.46. The Bertz CT molecular complexity index is 125. The molecule has 0 aromatic heterocycles. The predicted molar refractivity (Wildman–Crippen MR) is 27.8 cm³/mol. The van der Waals surface area contributed by atoms with Crippen LogP contribution in [0, 0.1) is 23.2 Å².